The summed E-state index contributed by atoms with van der Waals surface area (Å²) in [6.45, 7) is 7.93. The van der Waals surface area contributed by atoms with Gasteiger partial charge in [0.15, 0.2) is 0 Å². The fourth-order valence-corrected chi connectivity index (χ4v) is 2.48. The summed E-state index contributed by atoms with van der Waals surface area (Å²) in [5, 5.41) is 17.5. The van der Waals surface area contributed by atoms with Crippen LogP contribution >= 0.6 is 11.6 Å². The molecular formula is C16H22ClN2O. The first-order valence-electron chi connectivity index (χ1n) is 7.07. The SMILES string of the molecule is CC1CCC(c2ccc(Cl)c(C([O])C(C)(C)C)c2)=NN1. The molecule has 20 heavy (non-hydrogen) atoms. The van der Waals surface area contributed by atoms with E-state index < -0.39 is 6.10 Å². The molecule has 4 heteroatoms. The van der Waals surface area contributed by atoms with Gasteiger partial charge in [-0.25, -0.2) is 5.11 Å². The van der Waals surface area contributed by atoms with Gasteiger partial charge in [0.1, 0.15) is 6.10 Å². The van der Waals surface area contributed by atoms with Crippen molar-refractivity contribution in [3.63, 3.8) is 0 Å². The van der Waals surface area contributed by atoms with Gasteiger partial charge in [-0.1, -0.05) is 38.4 Å². The summed E-state index contributed by atoms with van der Waals surface area (Å²) in [6.07, 6.45) is 1.14. The Morgan fingerprint density at radius 3 is 2.65 bits per heavy atom. The molecule has 109 valence electrons. The van der Waals surface area contributed by atoms with Gasteiger partial charge in [-0.3, -0.25) is 0 Å². The number of hydrogen-bond donors (Lipinski definition) is 1. The average Bonchev–Trinajstić information content (AvgIpc) is 2.38. The highest BCUT2D eigenvalue weighted by Gasteiger charge is 2.28. The van der Waals surface area contributed by atoms with Crippen LogP contribution in [0.4, 0.5) is 0 Å². The molecule has 1 aliphatic rings. The molecular weight excluding hydrogens is 272 g/mol. The summed E-state index contributed by atoms with van der Waals surface area (Å²) in [4.78, 5) is 0. The number of rotatable bonds is 2. The van der Waals surface area contributed by atoms with Crippen molar-refractivity contribution in [2.45, 2.75) is 52.7 Å². The van der Waals surface area contributed by atoms with Gasteiger partial charge in [-0.15, -0.1) is 0 Å². The molecule has 0 spiro atoms. The smallest absolute Gasteiger partial charge is 0.124 e. The van der Waals surface area contributed by atoms with E-state index in [-0.39, 0.29) is 5.41 Å². The Hall–Kier alpha value is -1.06. The molecule has 3 nitrogen and oxygen atoms in total. The lowest BCUT2D eigenvalue weighted by molar-refractivity contribution is -0.00143. The van der Waals surface area contributed by atoms with E-state index in [4.69, 9.17) is 11.6 Å². The van der Waals surface area contributed by atoms with Gasteiger partial charge in [0, 0.05) is 16.6 Å². The number of benzene rings is 1. The van der Waals surface area contributed by atoms with E-state index in [0.29, 0.717) is 16.6 Å². The first-order chi connectivity index (χ1) is 9.29. The van der Waals surface area contributed by atoms with Gasteiger partial charge in [-0.05, 0) is 42.9 Å². The van der Waals surface area contributed by atoms with Gasteiger partial charge in [0.25, 0.3) is 0 Å². The molecule has 0 aliphatic carbocycles. The molecule has 1 aromatic rings. The Morgan fingerprint density at radius 2 is 2.10 bits per heavy atom. The van der Waals surface area contributed by atoms with Crippen molar-refractivity contribution in [2.75, 3.05) is 0 Å². The molecule has 0 saturated heterocycles. The number of nitrogens with one attached hydrogen (secondary N) is 1. The van der Waals surface area contributed by atoms with Crippen molar-refractivity contribution in [1.82, 2.24) is 5.43 Å². The second kappa shape index (κ2) is 5.74. The van der Waals surface area contributed by atoms with E-state index in [2.05, 4.69) is 17.5 Å². The van der Waals surface area contributed by atoms with E-state index in [1.807, 2.05) is 39.0 Å². The van der Waals surface area contributed by atoms with Crippen LogP contribution in [0.3, 0.4) is 0 Å². The molecule has 2 unspecified atom stereocenters. The predicted octanol–water partition coefficient (Wildman–Crippen LogP) is 4.33. The zero-order chi connectivity index (χ0) is 14.9. The van der Waals surface area contributed by atoms with Crippen LogP contribution in [0.1, 0.15) is 57.8 Å². The van der Waals surface area contributed by atoms with E-state index in [1.165, 1.54) is 0 Å². The summed E-state index contributed by atoms with van der Waals surface area (Å²) >= 11 is 6.20. The van der Waals surface area contributed by atoms with E-state index in [0.717, 1.165) is 24.1 Å². The molecule has 0 fully saturated rings. The molecule has 0 bridgehead atoms. The number of nitrogens with zero attached hydrogens (tertiary/aromatic N) is 1. The van der Waals surface area contributed by atoms with Crippen LogP contribution in [0.25, 0.3) is 0 Å². The summed E-state index contributed by atoms with van der Waals surface area (Å²) in [7, 11) is 0. The van der Waals surface area contributed by atoms with Crippen LogP contribution < -0.4 is 5.43 Å². The zero-order valence-electron chi connectivity index (χ0n) is 12.5. The minimum atomic E-state index is -0.842. The molecule has 1 aromatic carbocycles. The first-order valence-corrected chi connectivity index (χ1v) is 7.44. The Morgan fingerprint density at radius 1 is 1.40 bits per heavy atom. The highest BCUT2D eigenvalue weighted by molar-refractivity contribution is 6.31. The molecule has 1 aliphatic heterocycles. The molecule has 1 N–H and O–H groups in total. The van der Waals surface area contributed by atoms with Gasteiger partial charge in [0.05, 0.1) is 5.71 Å². The average molecular weight is 294 g/mol. The third-order valence-corrected chi connectivity index (χ3v) is 3.98. The summed E-state index contributed by atoms with van der Waals surface area (Å²) in [5.41, 5.74) is 5.40. The summed E-state index contributed by atoms with van der Waals surface area (Å²) < 4.78 is 0. The molecule has 0 aromatic heterocycles. The van der Waals surface area contributed by atoms with Crippen LogP contribution in [-0.2, 0) is 5.11 Å². The maximum atomic E-state index is 12.5. The fourth-order valence-electron chi connectivity index (χ4n) is 2.26. The minimum Gasteiger partial charge on any atom is -0.307 e. The lowest BCUT2D eigenvalue weighted by Gasteiger charge is -2.26. The number of hydrazone groups is 1. The highest BCUT2D eigenvalue weighted by Crippen LogP contribution is 2.37. The topological polar surface area (TPSA) is 44.3 Å². The van der Waals surface area contributed by atoms with E-state index in [1.54, 1.807) is 0 Å². The van der Waals surface area contributed by atoms with Crippen molar-refractivity contribution in [3.05, 3.63) is 34.3 Å². The molecule has 0 amide bonds. The first kappa shape index (κ1) is 15.3. The highest BCUT2D eigenvalue weighted by atomic mass is 35.5. The zero-order valence-corrected chi connectivity index (χ0v) is 13.3. The lowest BCUT2D eigenvalue weighted by atomic mass is 9.84. The van der Waals surface area contributed by atoms with E-state index >= 15 is 0 Å². The van der Waals surface area contributed by atoms with Crippen LogP contribution in [0.5, 0.6) is 0 Å². The Bertz CT molecular complexity index is 520. The van der Waals surface area contributed by atoms with Gasteiger partial charge >= 0.3 is 0 Å². The van der Waals surface area contributed by atoms with Crippen molar-refractivity contribution in [1.29, 1.82) is 0 Å². The van der Waals surface area contributed by atoms with Crippen LogP contribution in [0.2, 0.25) is 5.02 Å². The summed E-state index contributed by atoms with van der Waals surface area (Å²) in [5.74, 6) is 0. The summed E-state index contributed by atoms with van der Waals surface area (Å²) in [6, 6.07) is 6.07. The molecule has 1 heterocycles. The van der Waals surface area contributed by atoms with Gasteiger partial charge in [0.2, 0.25) is 0 Å². The Labute approximate surface area is 126 Å². The van der Waals surface area contributed by atoms with Crippen molar-refractivity contribution >= 4 is 17.3 Å². The van der Waals surface area contributed by atoms with Gasteiger partial charge < -0.3 is 5.43 Å². The normalized spacial score (nSPS) is 21.1. The Kier molecular flexibility index (Phi) is 4.40. The molecule has 0 saturated carbocycles. The van der Waals surface area contributed by atoms with Crippen LogP contribution in [-0.4, -0.2) is 11.8 Å². The Balaban J connectivity index is 2.34. The third-order valence-electron chi connectivity index (χ3n) is 3.63. The second-order valence-corrected chi connectivity index (χ2v) is 7.02. The van der Waals surface area contributed by atoms with E-state index in [9.17, 15) is 5.11 Å². The van der Waals surface area contributed by atoms with Crippen LogP contribution in [0.15, 0.2) is 23.3 Å². The monoisotopic (exact) mass is 293 g/mol. The van der Waals surface area contributed by atoms with Crippen LogP contribution in [0, 0.1) is 5.41 Å². The maximum absolute atomic E-state index is 12.5. The number of halogens is 1. The largest absolute Gasteiger partial charge is 0.307 e. The van der Waals surface area contributed by atoms with Crippen molar-refractivity contribution < 1.29 is 5.11 Å². The number of hydrogen-bond acceptors (Lipinski definition) is 2. The lowest BCUT2D eigenvalue weighted by Crippen LogP contribution is -2.28. The molecule has 1 radical (unpaired) electrons. The molecule has 2 atom stereocenters. The predicted molar refractivity (Wildman–Crippen MR) is 82.7 cm³/mol. The maximum Gasteiger partial charge on any atom is 0.124 e. The standard InChI is InChI=1S/C16H22ClN2O/c1-10-5-8-14(19-18-10)11-6-7-13(17)12(9-11)15(20)16(2,3)4/h6-7,9-10,15,18H,5,8H2,1-4H3. The van der Waals surface area contributed by atoms with Gasteiger partial charge in [-0.2, -0.15) is 5.10 Å². The minimum absolute atomic E-state index is 0.358. The van der Waals surface area contributed by atoms with Crippen molar-refractivity contribution in [2.24, 2.45) is 10.5 Å². The fraction of sp³-hybridized carbons (Fsp3) is 0.562. The quantitative estimate of drug-likeness (QED) is 0.866. The second-order valence-electron chi connectivity index (χ2n) is 6.61. The van der Waals surface area contributed by atoms with Crippen molar-refractivity contribution in [3.8, 4) is 0 Å². The molecule has 2 rings (SSSR count). The third kappa shape index (κ3) is 3.33.